The quantitative estimate of drug-likeness (QED) is 0.391. The predicted octanol–water partition coefficient (Wildman–Crippen LogP) is 5.39. The minimum absolute atomic E-state index is 0.134. The highest BCUT2D eigenvalue weighted by Crippen LogP contribution is 2.42. The summed E-state index contributed by atoms with van der Waals surface area (Å²) in [5, 5.41) is 10.2. The van der Waals surface area contributed by atoms with Gasteiger partial charge in [-0.2, -0.15) is 9.57 Å². The van der Waals surface area contributed by atoms with Crippen LogP contribution in [0.25, 0.3) is 11.1 Å². The number of imidazole rings is 1. The number of ether oxygens (including phenoxy) is 1. The van der Waals surface area contributed by atoms with Crippen molar-refractivity contribution in [3.05, 3.63) is 58.5 Å². The lowest BCUT2D eigenvalue weighted by Gasteiger charge is -2.23. The van der Waals surface area contributed by atoms with Crippen LogP contribution in [-0.4, -0.2) is 31.5 Å². The van der Waals surface area contributed by atoms with Gasteiger partial charge in [-0.1, -0.05) is 46.8 Å². The molecule has 0 saturated carbocycles. The zero-order valence-electron chi connectivity index (χ0n) is 20.7. The van der Waals surface area contributed by atoms with E-state index in [0.29, 0.717) is 39.9 Å². The van der Waals surface area contributed by atoms with E-state index in [1.165, 1.54) is 11.3 Å². The van der Waals surface area contributed by atoms with Gasteiger partial charge in [-0.05, 0) is 30.0 Å². The molecule has 1 atom stereocenters. The van der Waals surface area contributed by atoms with Gasteiger partial charge < -0.3 is 13.9 Å². The molecule has 1 unspecified atom stereocenters. The molecular formula is C25H29N4O4S2-. The van der Waals surface area contributed by atoms with Gasteiger partial charge in [0.25, 0.3) is 0 Å². The standard InChI is InChI=1S/C25H30N4O4S2/c1-16(2)11-19-13-21(22(34-19)29(35(31)32)24(30)33-6)20-8-7-17(12-18(20)14-26)15-28-10-9-27-23(28)25(3,4)5/h7-10,12-13,16H,11,15H2,1-6H3,(H,31,32)/p-1. The Labute approximate surface area is 212 Å². The Balaban J connectivity index is 2.10. The molecule has 2 heterocycles. The summed E-state index contributed by atoms with van der Waals surface area (Å²) in [6.07, 6.45) is 3.36. The van der Waals surface area contributed by atoms with Gasteiger partial charge in [-0.3, -0.25) is 4.21 Å². The van der Waals surface area contributed by atoms with Gasteiger partial charge in [-0.25, -0.2) is 9.78 Å². The highest BCUT2D eigenvalue weighted by atomic mass is 32.2. The summed E-state index contributed by atoms with van der Waals surface area (Å²) < 4.78 is 31.3. The molecule has 0 bridgehead atoms. The number of benzene rings is 1. The summed E-state index contributed by atoms with van der Waals surface area (Å²) in [5.41, 5.74) is 2.22. The SMILES string of the molecule is COC(=O)N(c1sc(CC(C)C)cc1-c1ccc(Cn2ccnc2C(C)(C)C)cc1C#N)S(=O)[O-]. The van der Waals surface area contributed by atoms with Crippen LogP contribution in [0.1, 0.15) is 56.4 Å². The first-order valence-electron chi connectivity index (χ1n) is 11.1. The van der Waals surface area contributed by atoms with E-state index in [4.69, 9.17) is 4.74 Å². The van der Waals surface area contributed by atoms with E-state index >= 15 is 0 Å². The number of hydrogen-bond donors (Lipinski definition) is 0. The second-order valence-corrected chi connectivity index (χ2v) is 11.5. The van der Waals surface area contributed by atoms with Gasteiger partial charge in [0.1, 0.15) is 10.8 Å². The summed E-state index contributed by atoms with van der Waals surface area (Å²) in [5.74, 6) is 1.26. The number of thiophene rings is 1. The highest BCUT2D eigenvalue weighted by molar-refractivity contribution is 7.81. The molecule has 0 spiro atoms. The van der Waals surface area contributed by atoms with E-state index in [1.807, 2.05) is 22.9 Å². The van der Waals surface area contributed by atoms with Crippen molar-refractivity contribution < 1.29 is 18.3 Å². The van der Waals surface area contributed by atoms with Gasteiger partial charge in [0.2, 0.25) is 0 Å². The van der Waals surface area contributed by atoms with Gasteiger partial charge in [-0.15, -0.1) is 11.3 Å². The lowest BCUT2D eigenvalue weighted by molar-refractivity contribution is 0.183. The average Bonchev–Trinajstić information content (AvgIpc) is 3.40. The first-order chi connectivity index (χ1) is 16.5. The van der Waals surface area contributed by atoms with E-state index in [1.54, 1.807) is 18.3 Å². The molecule has 0 radical (unpaired) electrons. The molecule has 2 aromatic heterocycles. The van der Waals surface area contributed by atoms with Gasteiger partial charge in [0, 0.05) is 40.4 Å². The molecule has 3 rings (SSSR count). The van der Waals surface area contributed by atoms with Crippen molar-refractivity contribution in [1.82, 2.24) is 9.55 Å². The minimum atomic E-state index is -2.89. The first-order valence-corrected chi connectivity index (χ1v) is 13.0. The highest BCUT2D eigenvalue weighted by Gasteiger charge is 2.26. The molecule has 0 aliphatic rings. The maximum atomic E-state index is 12.3. The fourth-order valence-corrected chi connectivity index (χ4v) is 5.87. The Morgan fingerprint density at radius 3 is 2.60 bits per heavy atom. The number of amides is 1. The molecule has 35 heavy (non-hydrogen) atoms. The zero-order chi connectivity index (χ0) is 25.9. The second kappa shape index (κ2) is 10.7. The molecule has 0 saturated heterocycles. The molecule has 186 valence electrons. The van der Waals surface area contributed by atoms with E-state index in [2.05, 4.69) is 45.7 Å². The molecule has 1 aromatic carbocycles. The number of aromatic nitrogens is 2. The third kappa shape index (κ3) is 5.99. The molecule has 8 nitrogen and oxygen atoms in total. The molecule has 0 N–H and O–H groups in total. The van der Waals surface area contributed by atoms with Crippen molar-refractivity contribution in [1.29, 1.82) is 5.26 Å². The normalized spacial score (nSPS) is 12.4. The molecular weight excluding hydrogens is 484 g/mol. The zero-order valence-corrected chi connectivity index (χ0v) is 22.3. The van der Waals surface area contributed by atoms with E-state index in [9.17, 15) is 18.8 Å². The van der Waals surface area contributed by atoms with Crippen molar-refractivity contribution in [2.24, 2.45) is 5.92 Å². The third-order valence-electron chi connectivity index (χ3n) is 5.28. The van der Waals surface area contributed by atoms with Crippen LogP contribution in [0, 0.1) is 17.2 Å². The molecule has 0 fully saturated rings. The Kier molecular flexibility index (Phi) is 8.15. The van der Waals surface area contributed by atoms with Crippen LogP contribution in [-0.2, 0) is 34.4 Å². The minimum Gasteiger partial charge on any atom is -0.755 e. The number of hydrogen-bond acceptors (Lipinski definition) is 7. The van der Waals surface area contributed by atoms with Crippen LogP contribution in [0.4, 0.5) is 9.80 Å². The first kappa shape index (κ1) is 26.6. The van der Waals surface area contributed by atoms with E-state index in [-0.39, 0.29) is 10.4 Å². The third-order valence-corrected chi connectivity index (χ3v) is 7.17. The lowest BCUT2D eigenvalue weighted by Crippen LogP contribution is -2.32. The monoisotopic (exact) mass is 513 g/mol. The fourth-order valence-electron chi connectivity index (χ4n) is 3.87. The van der Waals surface area contributed by atoms with Crippen molar-refractivity contribution >= 4 is 33.7 Å². The van der Waals surface area contributed by atoms with Gasteiger partial charge in [0.05, 0.1) is 30.0 Å². The second-order valence-electron chi connectivity index (χ2n) is 9.63. The Morgan fingerprint density at radius 2 is 2.03 bits per heavy atom. The summed E-state index contributed by atoms with van der Waals surface area (Å²) >= 11 is -1.68. The molecule has 10 heteroatoms. The van der Waals surface area contributed by atoms with Crippen LogP contribution in [0.2, 0.25) is 0 Å². The molecule has 3 aromatic rings. The van der Waals surface area contributed by atoms with E-state index in [0.717, 1.165) is 23.4 Å². The lowest BCUT2D eigenvalue weighted by atomic mass is 9.95. The largest absolute Gasteiger partial charge is 0.755 e. The Morgan fingerprint density at radius 1 is 1.31 bits per heavy atom. The van der Waals surface area contributed by atoms with Crippen LogP contribution < -0.4 is 4.31 Å². The summed E-state index contributed by atoms with van der Waals surface area (Å²) in [6.45, 7) is 10.9. The van der Waals surface area contributed by atoms with Gasteiger partial charge >= 0.3 is 6.09 Å². The number of nitrogens with zero attached hydrogens (tertiary/aromatic N) is 4. The number of methoxy groups -OCH3 is 1. The number of rotatable bonds is 7. The number of carbonyl (C=O) groups excluding carboxylic acids is 1. The van der Waals surface area contributed by atoms with Gasteiger partial charge in [0.15, 0.2) is 0 Å². The molecule has 0 aliphatic carbocycles. The smallest absolute Gasteiger partial charge is 0.426 e. The van der Waals surface area contributed by atoms with Crippen LogP contribution in [0.15, 0.2) is 36.7 Å². The van der Waals surface area contributed by atoms with Crippen LogP contribution in [0.3, 0.4) is 0 Å². The molecule has 1 amide bonds. The van der Waals surface area contributed by atoms with Crippen molar-refractivity contribution in [2.45, 2.75) is 53.0 Å². The predicted molar refractivity (Wildman–Crippen MR) is 137 cm³/mol. The maximum absolute atomic E-state index is 12.3. The molecule has 0 aliphatic heterocycles. The number of carbonyl (C=O) groups is 1. The summed E-state index contributed by atoms with van der Waals surface area (Å²) in [6, 6.07) is 9.59. The topological polar surface area (TPSA) is 111 Å². The Hall–Kier alpha value is -3.00. The fraction of sp³-hybridized carbons (Fsp3) is 0.400. The van der Waals surface area contributed by atoms with E-state index < -0.39 is 17.4 Å². The average molecular weight is 514 g/mol. The Bertz CT molecular complexity index is 1280. The van der Waals surface area contributed by atoms with Crippen LogP contribution in [0.5, 0.6) is 0 Å². The number of anilines is 1. The number of nitriles is 1. The summed E-state index contributed by atoms with van der Waals surface area (Å²) in [4.78, 5) is 17.7. The maximum Gasteiger partial charge on any atom is 0.426 e. The van der Waals surface area contributed by atoms with Crippen molar-refractivity contribution in [3.8, 4) is 17.2 Å². The van der Waals surface area contributed by atoms with Crippen molar-refractivity contribution in [3.63, 3.8) is 0 Å². The van der Waals surface area contributed by atoms with Crippen LogP contribution >= 0.6 is 11.3 Å². The van der Waals surface area contributed by atoms with Crippen molar-refractivity contribution in [2.75, 3.05) is 11.4 Å². The summed E-state index contributed by atoms with van der Waals surface area (Å²) in [7, 11) is 1.13.